The van der Waals surface area contributed by atoms with Gasteiger partial charge in [0.05, 0.1) is 17.4 Å². The van der Waals surface area contributed by atoms with Crippen molar-refractivity contribution in [2.45, 2.75) is 25.3 Å². The van der Waals surface area contributed by atoms with Gasteiger partial charge in [-0.05, 0) is 31.0 Å². The van der Waals surface area contributed by atoms with E-state index in [0.717, 1.165) is 37.2 Å². The van der Waals surface area contributed by atoms with E-state index < -0.39 is 0 Å². The first kappa shape index (κ1) is 10.6. The van der Waals surface area contributed by atoms with Gasteiger partial charge in [0.25, 0.3) is 0 Å². The predicted octanol–water partition coefficient (Wildman–Crippen LogP) is 1.24. The van der Waals surface area contributed by atoms with Crippen molar-refractivity contribution in [2.24, 2.45) is 0 Å². The lowest BCUT2D eigenvalue weighted by Gasteiger charge is -2.34. The molecule has 1 aromatic rings. The number of hydrogen-bond donors (Lipinski definition) is 1. The first-order chi connectivity index (χ1) is 8.27. The third kappa shape index (κ3) is 1.69. The maximum atomic E-state index is 12.1. The smallest absolute Gasteiger partial charge is 0.227 e. The van der Waals surface area contributed by atoms with Gasteiger partial charge in [-0.15, -0.1) is 0 Å². The van der Waals surface area contributed by atoms with Crippen LogP contribution in [-0.2, 0) is 11.2 Å². The summed E-state index contributed by atoms with van der Waals surface area (Å²) >= 11 is 0. The molecule has 0 saturated carbocycles. The molecule has 89 valence electrons. The molecule has 2 N–H and O–H groups in total. The summed E-state index contributed by atoms with van der Waals surface area (Å²) in [6.07, 6.45) is 2.34. The molecule has 1 aromatic carbocycles. The second kappa shape index (κ2) is 4.04. The Bertz CT molecular complexity index is 452. The van der Waals surface area contributed by atoms with Crippen molar-refractivity contribution in [3.05, 3.63) is 23.8 Å². The van der Waals surface area contributed by atoms with Crippen molar-refractivity contribution in [2.75, 3.05) is 18.0 Å². The maximum Gasteiger partial charge on any atom is 0.227 e. The van der Waals surface area contributed by atoms with E-state index in [1.165, 1.54) is 0 Å². The summed E-state index contributed by atoms with van der Waals surface area (Å²) in [5, 5.41) is 3.29. The molecule has 1 atom stereocenters. The van der Waals surface area contributed by atoms with Crippen LogP contribution in [-0.4, -0.2) is 25.0 Å². The minimum Gasteiger partial charge on any atom is -0.315 e. The van der Waals surface area contributed by atoms with Crippen molar-refractivity contribution >= 4 is 17.3 Å². The Hall–Kier alpha value is -1.55. The predicted molar refractivity (Wildman–Crippen MR) is 66.3 cm³/mol. The third-order valence-corrected chi connectivity index (χ3v) is 3.64. The van der Waals surface area contributed by atoms with Gasteiger partial charge in [-0.1, -0.05) is 12.1 Å². The first-order valence-corrected chi connectivity index (χ1v) is 6.13. The molecule has 0 bridgehead atoms. The van der Waals surface area contributed by atoms with Crippen LogP contribution in [0.3, 0.4) is 0 Å². The Labute approximate surface area is 101 Å². The lowest BCUT2D eigenvalue weighted by Crippen LogP contribution is -2.44. The number of carbonyl (C=O) groups excluding carboxylic acids is 1. The number of amides is 1. The molecule has 4 nitrogen and oxygen atoms in total. The number of aryl methyl sites for hydroxylation is 1. The monoisotopic (exact) mass is 230 g/mol. The minimum absolute atomic E-state index is 0.172. The Kier molecular flexibility index (Phi) is 2.52. The summed E-state index contributed by atoms with van der Waals surface area (Å²) < 4.78 is 0. The van der Waals surface area contributed by atoms with Gasteiger partial charge in [0.1, 0.15) is 0 Å². The number of fused-ring (bicyclic) bond motifs is 1. The SMILES string of the molecule is [NH]c1cccc2c1N(C1CCNC1)C(=O)CC2. The second-order valence-electron chi connectivity index (χ2n) is 4.72. The van der Waals surface area contributed by atoms with Gasteiger partial charge >= 0.3 is 0 Å². The van der Waals surface area contributed by atoms with Crippen LogP contribution in [0.2, 0.25) is 0 Å². The van der Waals surface area contributed by atoms with Gasteiger partial charge < -0.3 is 10.2 Å². The molecule has 4 heteroatoms. The molecular formula is C13H16N3O. The molecule has 0 spiro atoms. The molecule has 0 aliphatic carbocycles. The van der Waals surface area contributed by atoms with Gasteiger partial charge in [-0.2, -0.15) is 0 Å². The summed E-state index contributed by atoms with van der Waals surface area (Å²) in [4.78, 5) is 14.0. The van der Waals surface area contributed by atoms with Crippen LogP contribution in [0, 0.1) is 0 Å². The van der Waals surface area contributed by atoms with E-state index in [4.69, 9.17) is 5.73 Å². The van der Waals surface area contributed by atoms with Crippen molar-refractivity contribution in [3.8, 4) is 0 Å². The number of anilines is 1. The number of nitrogens with zero attached hydrogens (tertiary/aromatic N) is 1. The van der Waals surface area contributed by atoms with Gasteiger partial charge in [0, 0.05) is 13.0 Å². The fourth-order valence-electron chi connectivity index (χ4n) is 2.81. The van der Waals surface area contributed by atoms with E-state index in [1.807, 2.05) is 17.0 Å². The Balaban J connectivity index is 2.05. The minimum atomic E-state index is 0.172. The fourth-order valence-corrected chi connectivity index (χ4v) is 2.81. The van der Waals surface area contributed by atoms with E-state index in [-0.39, 0.29) is 11.9 Å². The number of rotatable bonds is 1. The average Bonchev–Trinajstić information content (AvgIpc) is 2.83. The zero-order chi connectivity index (χ0) is 11.8. The highest BCUT2D eigenvalue weighted by atomic mass is 16.2. The van der Waals surface area contributed by atoms with Gasteiger partial charge in [-0.3, -0.25) is 10.5 Å². The topological polar surface area (TPSA) is 56.1 Å². The number of hydrogen-bond acceptors (Lipinski definition) is 2. The number of para-hydroxylation sites is 1. The molecule has 17 heavy (non-hydrogen) atoms. The van der Waals surface area contributed by atoms with Crippen LogP contribution in [0.15, 0.2) is 18.2 Å². The van der Waals surface area contributed by atoms with Crippen LogP contribution in [0.5, 0.6) is 0 Å². The quantitative estimate of drug-likeness (QED) is 0.789. The van der Waals surface area contributed by atoms with E-state index in [9.17, 15) is 4.79 Å². The van der Waals surface area contributed by atoms with Crippen molar-refractivity contribution in [1.82, 2.24) is 11.1 Å². The fraction of sp³-hybridized carbons (Fsp3) is 0.462. The van der Waals surface area contributed by atoms with E-state index in [0.29, 0.717) is 12.1 Å². The van der Waals surface area contributed by atoms with Crippen LogP contribution >= 0.6 is 0 Å². The maximum absolute atomic E-state index is 12.1. The highest BCUT2D eigenvalue weighted by Gasteiger charge is 2.33. The molecule has 1 radical (unpaired) electrons. The number of nitrogens with one attached hydrogen (secondary N) is 2. The van der Waals surface area contributed by atoms with Gasteiger partial charge in [0.2, 0.25) is 5.91 Å². The molecule has 1 fully saturated rings. The molecule has 2 aliphatic heterocycles. The highest BCUT2D eigenvalue weighted by Crippen LogP contribution is 2.36. The first-order valence-electron chi connectivity index (χ1n) is 6.13. The normalized spacial score (nSPS) is 23.9. The van der Waals surface area contributed by atoms with Gasteiger partial charge in [0.15, 0.2) is 0 Å². The standard InChI is InChI=1S/C13H16N3O/c14-11-3-1-2-9-4-5-12(17)16(13(9)11)10-6-7-15-8-10/h1-3,10,14-15H,4-8H2. The number of benzene rings is 1. The van der Waals surface area contributed by atoms with E-state index in [2.05, 4.69) is 5.32 Å². The summed E-state index contributed by atoms with van der Waals surface area (Å²) in [5.74, 6) is 0.172. The number of carbonyl (C=O) groups is 1. The lowest BCUT2D eigenvalue weighted by atomic mass is 9.98. The molecular weight excluding hydrogens is 214 g/mol. The third-order valence-electron chi connectivity index (χ3n) is 3.64. The molecule has 2 heterocycles. The Morgan fingerprint density at radius 2 is 2.24 bits per heavy atom. The zero-order valence-electron chi connectivity index (χ0n) is 9.70. The summed E-state index contributed by atoms with van der Waals surface area (Å²) in [6.45, 7) is 1.81. The molecule has 1 unspecified atom stereocenters. The zero-order valence-corrected chi connectivity index (χ0v) is 9.70. The summed E-state index contributed by atoms with van der Waals surface area (Å²) in [7, 11) is 0. The van der Waals surface area contributed by atoms with Gasteiger partial charge in [-0.25, -0.2) is 0 Å². The molecule has 2 aliphatic rings. The summed E-state index contributed by atoms with van der Waals surface area (Å²) in [6, 6.07) is 5.94. The Morgan fingerprint density at radius 1 is 1.35 bits per heavy atom. The van der Waals surface area contributed by atoms with Crippen molar-refractivity contribution < 1.29 is 4.79 Å². The van der Waals surface area contributed by atoms with Crippen molar-refractivity contribution in [1.29, 1.82) is 0 Å². The van der Waals surface area contributed by atoms with Crippen LogP contribution in [0.25, 0.3) is 0 Å². The molecule has 1 saturated heterocycles. The van der Waals surface area contributed by atoms with E-state index in [1.54, 1.807) is 6.07 Å². The lowest BCUT2D eigenvalue weighted by molar-refractivity contribution is -0.119. The molecule has 1 amide bonds. The van der Waals surface area contributed by atoms with E-state index >= 15 is 0 Å². The van der Waals surface area contributed by atoms with Crippen LogP contribution < -0.4 is 16.0 Å². The highest BCUT2D eigenvalue weighted by molar-refractivity contribution is 6.00. The largest absolute Gasteiger partial charge is 0.315 e. The summed E-state index contributed by atoms with van der Waals surface area (Å²) in [5.41, 5.74) is 10.5. The Morgan fingerprint density at radius 3 is 3.00 bits per heavy atom. The second-order valence-corrected chi connectivity index (χ2v) is 4.72. The van der Waals surface area contributed by atoms with Crippen molar-refractivity contribution in [3.63, 3.8) is 0 Å². The van der Waals surface area contributed by atoms with Crippen LogP contribution in [0.4, 0.5) is 11.4 Å². The molecule has 3 rings (SSSR count). The average molecular weight is 230 g/mol. The van der Waals surface area contributed by atoms with Crippen LogP contribution in [0.1, 0.15) is 18.4 Å². The molecule has 0 aromatic heterocycles.